The number of benzene rings is 1. The van der Waals surface area contributed by atoms with Gasteiger partial charge in [0, 0.05) is 19.1 Å². The molecule has 0 aromatic heterocycles. The van der Waals surface area contributed by atoms with E-state index in [2.05, 4.69) is 0 Å². The molecule has 0 radical (unpaired) electrons. The molecule has 2 rings (SSSR count). The lowest BCUT2D eigenvalue weighted by Gasteiger charge is -2.35. The average Bonchev–Trinajstić information content (AvgIpc) is 2.47. The van der Waals surface area contributed by atoms with Crippen molar-refractivity contribution in [2.45, 2.75) is 30.7 Å². The summed E-state index contributed by atoms with van der Waals surface area (Å²) in [7, 11) is -2.36. The third kappa shape index (κ3) is 3.20. The molecule has 1 aromatic rings. The van der Waals surface area contributed by atoms with E-state index in [1.54, 1.807) is 0 Å². The first-order valence-corrected chi connectivity index (χ1v) is 8.43. The molecule has 1 heterocycles. The summed E-state index contributed by atoms with van der Waals surface area (Å²) in [4.78, 5) is -0.0499. The average molecular weight is 316 g/mol. The molecular weight excluding hydrogens is 295 g/mol. The summed E-state index contributed by atoms with van der Waals surface area (Å²) in [5.41, 5.74) is 6.00. The molecule has 7 heteroatoms. The van der Waals surface area contributed by atoms with Gasteiger partial charge in [-0.2, -0.15) is 4.31 Å². The van der Waals surface area contributed by atoms with Gasteiger partial charge < -0.3 is 10.5 Å². The van der Waals surface area contributed by atoms with Gasteiger partial charge in [-0.25, -0.2) is 12.8 Å². The first-order valence-electron chi connectivity index (χ1n) is 6.99. The Kier molecular flexibility index (Phi) is 4.85. The van der Waals surface area contributed by atoms with Crippen LogP contribution in [0.15, 0.2) is 23.1 Å². The summed E-state index contributed by atoms with van der Waals surface area (Å²) in [5, 5.41) is 0. The van der Waals surface area contributed by atoms with Crippen LogP contribution in [0.2, 0.25) is 0 Å². The topological polar surface area (TPSA) is 72.6 Å². The van der Waals surface area contributed by atoms with Crippen LogP contribution in [-0.4, -0.2) is 39.0 Å². The molecule has 1 saturated heterocycles. The zero-order valence-electron chi connectivity index (χ0n) is 12.3. The van der Waals surface area contributed by atoms with E-state index in [1.807, 2.05) is 6.92 Å². The zero-order valence-corrected chi connectivity index (χ0v) is 13.1. The highest BCUT2D eigenvalue weighted by molar-refractivity contribution is 7.89. The minimum absolute atomic E-state index is 0.0223. The molecule has 2 N–H and O–H groups in total. The summed E-state index contributed by atoms with van der Waals surface area (Å²) in [6.07, 6.45) is 1.44. The molecule has 5 nitrogen and oxygen atoms in total. The van der Waals surface area contributed by atoms with Crippen LogP contribution in [0.25, 0.3) is 0 Å². The van der Waals surface area contributed by atoms with Crippen molar-refractivity contribution >= 4 is 10.0 Å². The summed E-state index contributed by atoms with van der Waals surface area (Å²) >= 11 is 0. The molecule has 0 amide bonds. The van der Waals surface area contributed by atoms with Crippen LogP contribution < -0.4 is 10.5 Å². The molecule has 0 bridgehead atoms. The van der Waals surface area contributed by atoms with E-state index in [1.165, 1.54) is 23.5 Å². The first-order chi connectivity index (χ1) is 9.90. The normalized spacial score (nSPS) is 24.0. The van der Waals surface area contributed by atoms with Crippen molar-refractivity contribution in [3.63, 3.8) is 0 Å². The SMILES string of the molecule is CCC1CN(S(=O)(=O)c2ccc(OC)c(F)c2)CCC1N. The van der Waals surface area contributed by atoms with Crippen LogP contribution in [0.1, 0.15) is 19.8 Å². The molecule has 1 aromatic carbocycles. The molecule has 0 aliphatic carbocycles. The second-order valence-electron chi connectivity index (χ2n) is 5.28. The van der Waals surface area contributed by atoms with Gasteiger partial charge in [0.25, 0.3) is 0 Å². The van der Waals surface area contributed by atoms with Gasteiger partial charge in [0.05, 0.1) is 12.0 Å². The van der Waals surface area contributed by atoms with Crippen LogP contribution in [0.5, 0.6) is 5.75 Å². The Labute approximate surface area is 124 Å². The number of rotatable bonds is 4. The fourth-order valence-electron chi connectivity index (χ4n) is 2.62. The molecule has 2 unspecified atom stereocenters. The number of nitrogens with zero attached hydrogens (tertiary/aromatic N) is 1. The van der Waals surface area contributed by atoms with E-state index < -0.39 is 15.8 Å². The van der Waals surface area contributed by atoms with E-state index in [0.717, 1.165) is 12.5 Å². The number of methoxy groups -OCH3 is 1. The molecule has 1 aliphatic rings. The first kappa shape index (κ1) is 16.2. The van der Waals surface area contributed by atoms with Crippen molar-refractivity contribution in [2.24, 2.45) is 11.7 Å². The van der Waals surface area contributed by atoms with Gasteiger partial charge in [-0.05, 0) is 30.5 Å². The Morgan fingerprint density at radius 2 is 2.19 bits per heavy atom. The molecular formula is C14H21FN2O3S. The summed E-state index contributed by atoms with van der Waals surface area (Å²) in [6, 6.07) is 3.72. The van der Waals surface area contributed by atoms with Crippen molar-refractivity contribution in [3.05, 3.63) is 24.0 Å². The predicted octanol–water partition coefficient (Wildman–Crippen LogP) is 1.58. The van der Waals surface area contributed by atoms with Crippen molar-refractivity contribution < 1.29 is 17.5 Å². The molecule has 1 aliphatic heterocycles. The van der Waals surface area contributed by atoms with Crippen molar-refractivity contribution in [3.8, 4) is 5.75 Å². The van der Waals surface area contributed by atoms with E-state index in [-0.39, 0.29) is 22.6 Å². The number of halogens is 1. The maximum absolute atomic E-state index is 13.7. The lowest BCUT2D eigenvalue weighted by atomic mass is 9.92. The highest BCUT2D eigenvalue weighted by atomic mass is 32.2. The monoisotopic (exact) mass is 316 g/mol. The van der Waals surface area contributed by atoms with Crippen LogP contribution in [0.4, 0.5) is 4.39 Å². The van der Waals surface area contributed by atoms with Crippen LogP contribution in [0.3, 0.4) is 0 Å². The summed E-state index contributed by atoms with van der Waals surface area (Å²) < 4.78 is 45.1. The third-order valence-electron chi connectivity index (χ3n) is 4.04. The quantitative estimate of drug-likeness (QED) is 0.915. The van der Waals surface area contributed by atoms with Gasteiger partial charge in [-0.1, -0.05) is 13.3 Å². The lowest BCUT2D eigenvalue weighted by molar-refractivity contribution is 0.230. The van der Waals surface area contributed by atoms with Crippen molar-refractivity contribution in [2.75, 3.05) is 20.2 Å². The van der Waals surface area contributed by atoms with E-state index in [0.29, 0.717) is 19.5 Å². The Morgan fingerprint density at radius 1 is 1.48 bits per heavy atom. The second kappa shape index (κ2) is 6.29. The van der Waals surface area contributed by atoms with Crippen molar-refractivity contribution in [1.29, 1.82) is 0 Å². The smallest absolute Gasteiger partial charge is 0.243 e. The maximum Gasteiger partial charge on any atom is 0.243 e. The molecule has 0 spiro atoms. The Hall–Kier alpha value is -1.18. The van der Waals surface area contributed by atoms with Crippen LogP contribution in [-0.2, 0) is 10.0 Å². The molecule has 21 heavy (non-hydrogen) atoms. The van der Waals surface area contributed by atoms with Gasteiger partial charge in [0.2, 0.25) is 10.0 Å². The van der Waals surface area contributed by atoms with Gasteiger partial charge in [-0.15, -0.1) is 0 Å². The maximum atomic E-state index is 13.7. The van der Waals surface area contributed by atoms with Gasteiger partial charge in [0.1, 0.15) is 0 Å². The van der Waals surface area contributed by atoms with Gasteiger partial charge in [-0.3, -0.25) is 0 Å². The molecule has 0 saturated carbocycles. The molecule has 2 atom stereocenters. The molecule has 118 valence electrons. The Balaban J connectivity index is 2.27. The van der Waals surface area contributed by atoms with Gasteiger partial charge >= 0.3 is 0 Å². The Bertz CT molecular complexity index is 606. The minimum Gasteiger partial charge on any atom is -0.494 e. The Morgan fingerprint density at radius 3 is 2.76 bits per heavy atom. The highest BCUT2D eigenvalue weighted by Gasteiger charge is 2.33. The highest BCUT2D eigenvalue weighted by Crippen LogP contribution is 2.27. The number of sulfonamides is 1. The summed E-state index contributed by atoms with van der Waals surface area (Å²) in [6.45, 7) is 2.75. The van der Waals surface area contributed by atoms with E-state index in [9.17, 15) is 12.8 Å². The van der Waals surface area contributed by atoms with Crippen LogP contribution in [0, 0.1) is 11.7 Å². The fourth-order valence-corrected chi connectivity index (χ4v) is 4.15. The fraction of sp³-hybridized carbons (Fsp3) is 0.571. The van der Waals surface area contributed by atoms with Crippen LogP contribution >= 0.6 is 0 Å². The lowest BCUT2D eigenvalue weighted by Crippen LogP contribution is -2.48. The number of piperidine rings is 1. The zero-order chi connectivity index (χ0) is 15.6. The number of nitrogens with two attached hydrogens (primary N) is 1. The number of ether oxygens (including phenoxy) is 1. The predicted molar refractivity (Wildman–Crippen MR) is 78.1 cm³/mol. The van der Waals surface area contributed by atoms with E-state index >= 15 is 0 Å². The van der Waals surface area contributed by atoms with Gasteiger partial charge in [0.15, 0.2) is 11.6 Å². The van der Waals surface area contributed by atoms with E-state index in [4.69, 9.17) is 10.5 Å². The largest absolute Gasteiger partial charge is 0.494 e. The third-order valence-corrected chi connectivity index (χ3v) is 5.90. The second-order valence-corrected chi connectivity index (χ2v) is 7.22. The minimum atomic E-state index is -3.69. The molecule has 1 fully saturated rings. The number of hydrogen-bond donors (Lipinski definition) is 1. The number of hydrogen-bond acceptors (Lipinski definition) is 4. The standard InChI is InChI=1S/C14H21FN2O3S/c1-3-10-9-17(7-6-13(10)16)21(18,19)11-4-5-14(20-2)12(15)8-11/h4-5,8,10,13H,3,6-7,9,16H2,1-2H3. The van der Waals surface area contributed by atoms with Crippen molar-refractivity contribution in [1.82, 2.24) is 4.31 Å². The summed E-state index contributed by atoms with van der Waals surface area (Å²) in [5.74, 6) is -0.517.